The van der Waals surface area contributed by atoms with Gasteiger partial charge in [-0.25, -0.2) is 0 Å². The van der Waals surface area contributed by atoms with E-state index in [0.29, 0.717) is 13.2 Å². The zero-order valence-corrected chi connectivity index (χ0v) is 17.8. The van der Waals surface area contributed by atoms with Crippen molar-refractivity contribution in [2.45, 2.75) is 102 Å². The second-order valence-corrected chi connectivity index (χ2v) is 7.64. The van der Waals surface area contributed by atoms with Gasteiger partial charge in [-0.05, 0) is 6.42 Å². The topological polar surface area (TPSA) is 109 Å². The summed E-state index contributed by atoms with van der Waals surface area (Å²) in [5, 5.41) is 38.2. The fourth-order valence-corrected chi connectivity index (χ4v) is 3.21. The Kier molecular flexibility index (Phi) is 15.4. The molecule has 0 aromatic carbocycles. The standard InChI is InChI=1S/C22H40O7/c1-2-3-4-5-6-7-8-9-10-11-14-27-15-12-13-16-28-17-18-19(23)20(24)21(25)22(26)29-18/h18-26H,2-11,14-17H2,1H3/t18-,19+,20+,21-,22+/m1/s1. The second kappa shape index (κ2) is 17.0. The van der Waals surface area contributed by atoms with E-state index in [4.69, 9.17) is 14.2 Å². The van der Waals surface area contributed by atoms with E-state index in [2.05, 4.69) is 18.8 Å². The van der Waals surface area contributed by atoms with E-state index in [1.165, 1.54) is 57.8 Å². The first-order valence-corrected chi connectivity index (χ1v) is 11.1. The predicted octanol–water partition coefficient (Wildman–Crippen LogP) is 1.74. The maximum atomic E-state index is 9.78. The third kappa shape index (κ3) is 11.9. The van der Waals surface area contributed by atoms with Crippen molar-refractivity contribution in [1.82, 2.24) is 0 Å². The van der Waals surface area contributed by atoms with Crippen molar-refractivity contribution in [2.24, 2.45) is 0 Å². The van der Waals surface area contributed by atoms with Crippen molar-refractivity contribution in [1.29, 1.82) is 0 Å². The summed E-state index contributed by atoms with van der Waals surface area (Å²) >= 11 is 0. The summed E-state index contributed by atoms with van der Waals surface area (Å²) in [6, 6.07) is 0. The van der Waals surface area contributed by atoms with Crippen LogP contribution in [0.15, 0.2) is 0 Å². The largest absolute Gasteiger partial charge is 0.387 e. The van der Waals surface area contributed by atoms with Crippen molar-refractivity contribution in [3.8, 4) is 11.8 Å². The van der Waals surface area contributed by atoms with E-state index in [9.17, 15) is 20.4 Å². The number of ether oxygens (including phenoxy) is 3. The van der Waals surface area contributed by atoms with Gasteiger partial charge in [0.05, 0.1) is 6.61 Å². The summed E-state index contributed by atoms with van der Waals surface area (Å²) < 4.78 is 15.8. The van der Waals surface area contributed by atoms with Gasteiger partial charge in [0, 0.05) is 6.61 Å². The SMILES string of the molecule is CCCCCCCCCCCCOCC#CCOC[C@H]1O[C@H](O)[C@H](O)[C@@H](O)[C@H]1O. The first-order chi connectivity index (χ1) is 14.1. The first kappa shape index (κ1) is 26.3. The van der Waals surface area contributed by atoms with Gasteiger partial charge >= 0.3 is 0 Å². The minimum absolute atomic E-state index is 0.0455. The van der Waals surface area contributed by atoms with Crippen LogP contribution < -0.4 is 0 Å². The Bertz CT molecular complexity index is 448. The highest BCUT2D eigenvalue weighted by Crippen LogP contribution is 2.19. The minimum atomic E-state index is -1.55. The molecule has 1 fully saturated rings. The van der Waals surface area contributed by atoms with Crippen molar-refractivity contribution in [3.05, 3.63) is 0 Å². The van der Waals surface area contributed by atoms with Gasteiger partial charge in [0.1, 0.15) is 37.6 Å². The molecule has 1 saturated heterocycles. The molecule has 0 aliphatic carbocycles. The average molecular weight is 417 g/mol. The zero-order chi connectivity index (χ0) is 21.3. The maximum absolute atomic E-state index is 9.78. The molecule has 1 aliphatic rings. The summed E-state index contributed by atoms with van der Waals surface area (Å²) in [5.74, 6) is 5.66. The van der Waals surface area contributed by atoms with E-state index >= 15 is 0 Å². The van der Waals surface area contributed by atoms with E-state index in [-0.39, 0.29) is 13.2 Å². The van der Waals surface area contributed by atoms with E-state index in [1.54, 1.807) is 0 Å². The highest BCUT2D eigenvalue weighted by atomic mass is 16.6. The summed E-state index contributed by atoms with van der Waals surface area (Å²) in [4.78, 5) is 0. The molecular formula is C22H40O7. The Labute approximate surface area is 175 Å². The molecule has 7 nitrogen and oxygen atoms in total. The van der Waals surface area contributed by atoms with Crippen LogP contribution in [0.1, 0.15) is 71.1 Å². The molecule has 170 valence electrons. The Morgan fingerprint density at radius 3 is 1.86 bits per heavy atom. The molecule has 0 aromatic heterocycles. The van der Waals surface area contributed by atoms with Gasteiger partial charge in [-0.3, -0.25) is 0 Å². The molecule has 1 aliphatic heterocycles. The molecule has 4 N–H and O–H groups in total. The third-order valence-electron chi connectivity index (χ3n) is 5.08. The van der Waals surface area contributed by atoms with Crippen LogP contribution in [0.2, 0.25) is 0 Å². The number of hydrogen-bond acceptors (Lipinski definition) is 7. The van der Waals surface area contributed by atoms with E-state index in [0.717, 1.165) is 6.42 Å². The van der Waals surface area contributed by atoms with Crippen LogP contribution in [-0.4, -0.2) is 77.6 Å². The third-order valence-corrected chi connectivity index (χ3v) is 5.08. The quantitative estimate of drug-likeness (QED) is 0.238. The van der Waals surface area contributed by atoms with Crippen LogP contribution in [-0.2, 0) is 14.2 Å². The Balaban J connectivity index is 1.90. The number of rotatable bonds is 15. The molecule has 0 unspecified atom stereocenters. The first-order valence-electron chi connectivity index (χ1n) is 11.1. The highest BCUT2D eigenvalue weighted by molar-refractivity contribution is 4.99. The highest BCUT2D eigenvalue weighted by Gasteiger charge is 2.42. The van der Waals surface area contributed by atoms with Crippen molar-refractivity contribution in [2.75, 3.05) is 26.4 Å². The molecule has 0 bridgehead atoms. The van der Waals surface area contributed by atoms with Gasteiger partial charge in [-0.1, -0.05) is 76.6 Å². The molecule has 7 heteroatoms. The van der Waals surface area contributed by atoms with Crippen LogP contribution in [0.3, 0.4) is 0 Å². The maximum Gasteiger partial charge on any atom is 0.184 e. The van der Waals surface area contributed by atoms with Gasteiger partial charge in [-0.2, -0.15) is 0 Å². The number of aliphatic hydroxyl groups is 4. The van der Waals surface area contributed by atoms with E-state index < -0.39 is 30.7 Å². The lowest BCUT2D eigenvalue weighted by Gasteiger charge is -2.38. The second-order valence-electron chi connectivity index (χ2n) is 7.64. The lowest BCUT2D eigenvalue weighted by atomic mass is 9.99. The fourth-order valence-electron chi connectivity index (χ4n) is 3.21. The molecule has 1 rings (SSSR count). The average Bonchev–Trinajstić information content (AvgIpc) is 2.72. The molecule has 0 spiro atoms. The molecule has 0 radical (unpaired) electrons. The molecule has 0 saturated carbocycles. The number of aliphatic hydroxyl groups excluding tert-OH is 4. The monoisotopic (exact) mass is 416 g/mol. The molecule has 29 heavy (non-hydrogen) atoms. The lowest BCUT2D eigenvalue weighted by molar-refractivity contribution is -0.288. The lowest BCUT2D eigenvalue weighted by Crippen LogP contribution is -2.58. The van der Waals surface area contributed by atoms with Gasteiger partial charge in [0.2, 0.25) is 0 Å². The normalized spacial score (nSPS) is 26.9. The molecule has 1 heterocycles. The van der Waals surface area contributed by atoms with Crippen LogP contribution in [0.4, 0.5) is 0 Å². The predicted molar refractivity (Wildman–Crippen MR) is 110 cm³/mol. The van der Waals surface area contributed by atoms with Gasteiger partial charge < -0.3 is 34.6 Å². The summed E-state index contributed by atoms with van der Waals surface area (Å²) in [7, 11) is 0. The van der Waals surface area contributed by atoms with Crippen LogP contribution >= 0.6 is 0 Å². The zero-order valence-electron chi connectivity index (χ0n) is 17.8. The number of hydrogen-bond donors (Lipinski definition) is 4. The minimum Gasteiger partial charge on any atom is -0.387 e. The summed E-state index contributed by atoms with van der Waals surface area (Å²) in [6.45, 7) is 3.40. The molecule has 5 atom stereocenters. The van der Waals surface area contributed by atoms with Crippen molar-refractivity contribution < 1.29 is 34.6 Å². The van der Waals surface area contributed by atoms with Gasteiger partial charge in [-0.15, -0.1) is 0 Å². The van der Waals surface area contributed by atoms with Gasteiger partial charge in [0.25, 0.3) is 0 Å². The molecule has 0 amide bonds. The Morgan fingerprint density at radius 1 is 0.690 bits per heavy atom. The molecule has 0 aromatic rings. The van der Waals surface area contributed by atoms with Crippen LogP contribution in [0, 0.1) is 11.8 Å². The fraction of sp³-hybridized carbons (Fsp3) is 0.909. The van der Waals surface area contributed by atoms with Crippen molar-refractivity contribution in [3.63, 3.8) is 0 Å². The smallest absolute Gasteiger partial charge is 0.184 e. The summed E-state index contributed by atoms with van der Waals surface area (Å²) in [6.07, 6.45) is 6.17. The Hall–Kier alpha value is -0.720. The summed E-state index contributed by atoms with van der Waals surface area (Å²) in [5.41, 5.74) is 0. The molecular weight excluding hydrogens is 376 g/mol. The van der Waals surface area contributed by atoms with Crippen LogP contribution in [0.5, 0.6) is 0 Å². The van der Waals surface area contributed by atoms with Crippen LogP contribution in [0.25, 0.3) is 0 Å². The Morgan fingerprint density at radius 2 is 1.24 bits per heavy atom. The van der Waals surface area contributed by atoms with Gasteiger partial charge in [0.15, 0.2) is 6.29 Å². The van der Waals surface area contributed by atoms with E-state index in [1.807, 2.05) is 0 Å². The number of unbranched alkanes of at least 4 members (excludes halogenated alkanes) is 9. The van der Waals surface area contributed by atoms with Crippen molar-refractivity contribution >= 4 is 0 Å².